The average molecular weight is 253 g/mol. The summed E-state index contributed by atoms with van der Waals surface area (Å²) in [5.74, 6) is 0.0657. The van der Waals surface area contributed by atoms with Crippen molar-refractivity contribution in [2.45, 2.75) is 39.2 Å². The van der Waals surface area contributed by atoms with E-state index in [0.717, 1.165) is 11.3 Å². The molecule has 1 amide bonds. The second-order valence-electron chi connectivity index (χ2n) is 4.81. The van der Waals surface area contributed by atoms with Gasteiger partial charge in [0.1, 0.15) is 0 Å². The van der Waals surface area contributed by atoms with Crippen molar-refractivity contribution in [1.82, 2.24) is 4.90 Å². The summed E-state index contributed by atoms with van der Waals surface area (Å²) in [7, 11) is 0. The molecular weight excluding hydrogens is 234 g/mol. The molecule has 0 atom stereocenters. The largest absolute Gasteiger partial charge is 0.386 e. The molecule has 4 heteroatoms. The number of β-amino-alcohol motifs (C(OH)–C–C–N with tert-alkyl or cyclic N) is 1. The van der Waals surface area contributed by atoms with Crippen LogP contribution in [0.5, 0.6) is 0 Å². The minimum Gasteiger partial charge on any atom is -0.386 e. The van der Waals surface area contributed by atoms with Crippen molar-refractivity contribution in [3.8, 4) is 0 Å². The molecule has 1 aliphatic rings. The smallest absolute Gasteiger partial charge is 0.264 e. The van der Waals surface area contributed by atoms with Crippen LogP contribution in [-0.4, -0.2) is 34.6 Å². The molecule has 2 rings (SSSR count). The number of aryl methyl sites for hydroxylation is 2. The van der Waals surface area contributed by atoms with E-state index in [9.17, 15) is 9.90 Å². The number of nitrogens with zero attached hydrogens (tertiary/aromatic N) is 1. The minimum absolute atomic E-state index is 0.0657. The molecule has 1 aromatic heterocycles. The Morgan fingerprint density at radius 1 is 1.53 bits per heavy atom. The van der Waals surface area contributed by atoms with Gasteiger partial charge < -0.3 is 10.0 Å². The first kappa shape index (κ1) is 12.6. The maximum Gasteiger partial charge on any atom is 0.264 e. The molecule has 2 heterocycles. The molecule has 0 bridgehead atoms. The summed E-state index contributed by atoms with van der Waals surface area (Å²) in [6, 6.07) is 1.97. The Morgan fingerprint density at radius 3 is 2.65 bits per heavy atom. The number of hydrogen-bond acceptors (Lipinski definition) is 3. The van der Waals surface area contributed by atoms with E-state index in [1.54, 1.807) is 16.2 Å². The zero-order chi connectivity index (χ0) is 12.6. The van der Waals surface area contributed by atoms with Gasteiger partial charge in [0.05, 0.1) is 23.6 Å². The number of amides is 1. The number of carbonyl (C=O) groups excluding carboxylic acids is 1. The lowest BCUT2D eigenvalue weighted by Gasteiger charge is -2.45. The first-order valence-electron chi connectivity index (χ1n) is 6.10. The lowest BCUT2D eigenvalue weighted by Crippen LogP contribution is -2.63. The van der Waals surface area contributed by atoms with E-state index >= 15 is 0 Å². The highest BCUT2D eigenvalue weighted by Gasteiger charge is 2.42. The summed E-state index contributed by atoms with van der Waals surface area (Å²) in [5.41, 5.74) is 0.558. The van der Waals surface area contributed by atoms with Crippen molar-refractivity contribution in [3.63, 3.8) is 0 Å². The van der Waals surface area contributed by atoms with Crippen LogP contribution in [0.2, 0.25) is 0 Å². The first-order chi connectivity index (χ1) is 7.99. The van der Waals surface area contributed by atoms with E-state index < -0.39 is 5.60 Å². The van der Waals surface area contributed by atoms with Crippen LogP contribution in [0, 0.1) is 6.92 Å². The minimum atomic E-state index is -0.643. The van der Waals surface area contributed by atoms with Crippen molar-refractivity contribution in [2.75, 3.05) is 13.1 Å². The number of rotatable bonds is 3. The zero-order valence-corrected chi connectivity index (χ0v) is 11.4. The number of thiophene rings is 1. The molecule has 94 valence electrons. The second-order valence-corrected chi connectivity index (χ2v) is 5.95. The van der Waals surface area contributed by atoms with Crippen LogP contribution >= 0.6 is 11.3 Å². The molecule has 1 N–H and O–H groups in total. The Kier molecular flexibility index (Phi) is 3.27. The lowest BCUT2D eigenvalue weighted by molar-refractivity contribution is -0.0824. The number of hydrogen-bond donors (Lipinski definition) is 1. The van der Waals surface area contributed by atoms with Crippen LogP contribution in [0.15, 0.2) is 6.07 Å². The predicted octanol–water partition coefficient (Wildman–Crippen LogP) is 2.22. The maximum atomic E-state index is 12.1. The second kappa shape index (κ2) is 4.42. The summed E-state index contributed by atoms with van der Waals surface area (Å²) in [6.45, 7) is 7.05. The quantitative estimate of drug-likeness (QED) is 0.897. The fraction of sp³-hybridized carbons (Fsp3) is 0.615. The highest BCUT2D eigenvalue weighted by molar-refractivity contribution is 7.14. The molecule has 1 aliphatic heterocycles. The van der Waals surface area contributed by atoms with Crippen molar-refractivity contribution in [2.24, 2.45) is 0 Å². The van der Waals surface area contributed by atoms with Crippen LogP contribution in [-0.2, 0) is 6.42 Å². The van der Waals surface area contributed by atoms with E-state index in [-0.39, 0.29) is 5.91 Å². The van der Waals surface area contributed by atoms with Gasteiger partial charge in [-0.25, -0.2) is 0 Å². The SMILES string of the molecule is CCc1sc(C(=O)N2CC(O)(CC)C2)cc1C. The van der Waals surface area contributed by atoms with Gasteiger partial charge in [0.15, 0.2) is 0 Å². The molecule has 1 fully saturated rings. The van der Waals surface area contributed by atoms with Crippen molar-refractivity contribution in [3.05, 3.63) is 21.4 Å². The molecule has 0 saturated carbocycles. The van der Waals surface area contributed by atoms with Gasteiger partial charge in [0, 0.05) is 4.88 Å². The van der Waals surface area contributed by atoms with Gasteiger partial charge in [-0.15, -0.1) is 11.3 Å². The molecule has 1 saturated heterocycles. The van der Waals surface area contributed by atoms with Gasteiger partial charge in [-0.2, -0.15) is 0 Å². The van der Waals surface area contributed by atoms with Gasteiger partial charge in [0.2, 0.25) is 0 Å². The molecule has 0 spiro atoms. The van der Waals surface area contributed by atoms with E-state index in [0.29, 0.717) is 19.5 Å². The molecule has 0 aliphatic carbocycles. The third-order valence-electron chi connectivity index (χ3n) is 3.47. The summed E-state index contributed by atoms with van der Waals surface area (Å²) in [6.07, 6.45) is 1.68. The fourth-order valence-corrected chi connectivity index (χ4v) is 3.25. The summed E-state index contributed by atoms with van der Waals surface area (Å²) in [4.78, 5) is 15.9. The molecule has 0 radical (unpaired) electrons. The molecule has 3 nitrogen and oxygen atoms in total. The topological polar surface area (TPSA) is 40.5 Å². The Morgan fingerprint density at radius 2 is 2.18 bits per heavy atom. The molecule has 17 heavy (non-hydrogen) atoms. The Balaban J connectivity index is 2.06. The van der Waals surface area contributed by atoms with Gasteiger partial charge >= 0.3 is 0 Å². The number of aliphatic hydroxyl groups is 1. The van der Waals surface area contributed by atoms with Crippen molar-refractivity contribution >= 4 is 17.2 Å². The molecule has 0 aromatic carbocycles. The highest BCUT2D eigenvalue weighted by atomic mass is 32.1. The zero-order valence-electron chi connectivity index (χ0n) is 10.6. The number of likely N-dealkylation sites (tertiary alicyclic amines) is 1. The van der Waals surface area contributed by atoms with Gasteiger partial charge in [0.25, 0.3) is 5.91 Å². The number of carbonyl (C=O) groups is 1. The molecule has 0 unspecified atom stereocenters. The van der Waals surface area contributed by atoms with Gasteiger partial charge in [-0.05, 0) is 31.4 Å². The summed E-state index contributed by atoms with van der Waals surface area (Å²) >= 11 is 1.58. The monoisotopic (exact) mass is 253 g/mol. The lowest BCUT2D eigenvalue weighted by atomic mass is 9.91. The van der Waals surface area contributed by atoms with Crippen molar-refractivity contribution in [1.29, 1.82) is 0 Å². The van der Waals surface area contributed by atoms with Crippen LogP contribution in [0.25, 0.3) is 0 Å². The summed E-state index contributed by atoms with van der Waals surface area (Å²) < 4.78 is 0. The molecular formula is C13H19NO2S. The Hall–Kier alpha value is -0.870. The van der Waals surface area contributed by atoms with Crippen LogP contribution in [0.4, 0.5) is 0 Å². The van der Waals surface area contributed by atoms with E-state index in [1.807, 2.05) is 19.9 Å². The van der Waals surface area contributed by atoms with E-state index in [1.165, 1.54) is 10.4 Å². The highest BCUT2D eigenvalue weighted by Crippen LogP contribution is 2.29. The van der Waals surface area contributed by atoms with Crippen LogP contribution in [0.3, 0.4) is 0 Å². The maximum absolute atomic E-state index is 12.1. The van der Waals surface area contributed by atoms with E-state index in [2.05, 4.69) is 6.92 Å². The summed E-state index contributed by atoms with van der Waals surface area (Å²) in [5, 5.41) is 9.90. The van der Waals surface area contributed by atoms with Gasteiger partial charge in [-0.1, -0.05) is 13.8 Å². The Labute approximate surface area is 106 Å². The first-order valence-corrected chi connectivity index (χ1v) is 6.91. The molecule has 1 aromatic rings. The predicted molar refractivity (Wildman–Crippen MR) is 69.6 cm³/mol. The fourth-order valence-electron chi connectivity index (χ4n) is 2.16. The average Bonchev–Trinajstić information content (AvgIpc) is 2.65. The standard InChI is InChI=1S/C13H19NO2S/c1-4-10-9(3)6-11(17-10)12(15)14-7-13(16,5-2)8-14/h6,16H,4-5,7-8H2,1-3H3. The van der Waals surface area contributed by atoms with Crippen molar-refractivity contribution < 1.29 is 9.90 Å². The van der Waals surface area contributed by atoms with Crippen LogP contribution in [0.1, 0.15) is 40.4 Å². The normalized spacial score (nSPS) is 18.0. The van der Waals surface area contributed by atoms with Gasteiger partial charge in [-0.3, -0.25) is 4.79 Å². The Bertz CT molecular complexity index is 433. The van der Waals surface area contributed by atoms with Crippen LogP contribution < -0.4 is 0 Å². The third-order valence-corrected chi connectivity index (χ3v) is 4.84. The third kappa shape index (κ3) is 2.24. The van der Waals surface area contributed by atoms with E-state index in [4.69, 9.17) is 0 Å².